The predicted molar refractivity (Wildman–Crippen MR) is 105 cm³/mol. The van der Waals surface area contributed by atoms with Gasteiger partial charge in [-0.2, -0.15) is 5.10 Å². The molecule has 2 aromatic carbocycles. The lowest BCUT2D eigenvalue weighted by molar-refractivity contribution is -0.123. The first-order chi connectivity index (χ1) is 12.5. The van der Waals surface area contributed by atoms with Crippen LogP contribution >= 0.6 is 0 Å². The van der Waals surface area contributed by atoms with Gasteiger partial charge in [-0.15, -0.1) is 0 Å². The van der Waals surface area contributed by atoms with Gasteiger partial charge in [-0.25, -0.2) is 5.43 Å². The number of hydrogen-bond donors (Lipinski definition) is 1. The van der Waals surface area contributed by atoms with Crippen molar-refractivity contribution in [1.29, 1.82) is 0 Å². The average molecular weight is 349 g/mol. The van der Waals surface area contributed by atoms with Gasteiger partial charge >= 0.3 is 0 Å². The molecular weight excluding hydrogens is 326 g/mol. The van der Waals surface area contributed by atoms with Crippen molar-refractivity contribution in [1.82, 2.24) is 9.99 Å². The van der Waals surface area contributed by atoms with E-state index in [1.165, 1.54) is 0 Å². The molecule has 3 aromatic rings. The van der Waals surface area contributed by atoms with Gasteiger partial charge in [0.2, 0.25) is 0 Å². The van der Waals surface area contributed by atoms with E-state index in [2.05, 4.69) is 27.2 Å². The number of hydrazone groups is 1. The van der Waals surface area contributed by atoms with Crippen LogP contribution in [0.25, 0.3) is 10.9 Å². The fourth-order valence-corrected chi connectivity index (χ4v) is 2.94. The summed E-state index contributed by atoms with van der Waals surface area (Å²) < 4.78 is 7.70. The Morgan fingerprint density at radius 3 is 2.73 bits per heavy atom. The molecule has 1 heterocycles. The number of hydrogen-bond acceptors (Lipinski definition) is 3. The molecule has 0 unspecified atom stereocenters. The van der Waals surface area contributed by atoms with Crippen LogP contribution < -0.4 is 10.2 Å². The topological polar surface area (TPSA) is 55.6 Å². The van der Waals surface area contributed by atoms with Crippen molar-refractivity contribution >= 4 is 23.0 Å². The largest absolute Gasteiger partial charge is 0.483 e. The van der Waals surface area contributed by atoms with Gasteiger partial charge in [-0.1, -0.05) is 30.3 Å². The van der Waals surface area contributed by atoms with Crippen LogP contribution in [0, 0.1) is 20.8 Å². The normalized spacial score (nSPS) is 11.2. The lowest BCUT2D eigenvalue weighted by atomic mass is 10.1. The van der Waals surface area contributed by atoms with Gasteiger partial charge in [-0.3, -0.25) is 4.79 Å². The lowest BCUT2D eigenvalue weighted by Gasteiger charge is -2.09. The Bertz CT molecular complexity index is 986. The second-order valence-corrected chi connectivity index (χ2v) is 6.36. The molecular formula is C21H23N3O2. The molecule has 1 amide bonds. The SMILES string of the molecule is Cc1cccc(OCC(=O)NN=Cc2c(C)n(C)c3ccccc23)c1C. The van der Waals surface area contributed by atoms with Crippen LogP contribution in [-0.2, 0) is 11.8 Å². The number of fused-ring (bicyclic) bond motifs is 1. The summed E-state index contributed by atoms with van der Waals surface area (Å²) in [6.45, 7) is 5.95. The Kier molecular flexibility index (Phi) is 5.07. The summed E-state index contributed by atoms with van der Waals surface area (Å²) in [4.78, 5) is 12.0. The number of nitrogens with zero attached hydrogens (tertiary/aromatic N) is 2. The molecule has 0 aliphatic heterocycles. The van der Waals surface area contributed by atoms with Crippen LogP contribution in [0.4, 0.5) is 0 Å². The molecule has 0 bridgehead atoms. The maximum absolute atomic E-state index is 12.0. The van der Waals surface area contributed by atoms with E-state index in [4.69, 9.17) is 4.74 Å². The standard InChI is InChI=1S/C21H23N3O2/c1-14-8-7-11-20(15(14)2)26-13-21(25)23-22-12-18-16(3)24(4)19-10-6-5-9-17(18)19/h5-12H,13H2,1-4H3,(H,23,25). The van der Waals surface area contributed by atoms with Crippen molar-refractivity contribution in [3.8, 4) is 5.75 Å². The van der Waals surface area contributed by atoms with E-state index < -0.39 is 0 Å². The highest BCUT2D eigenvalue weighted by atomic mass is 16.5. The molecule has 0 aliphatic carbocycles. The Morgan fingerprint density at radius 2 is 1.92 bits per heavy atom. The van der Waals surface area contributed by atoms with Crippen LogP contribution in [0.1, 0.15) is 22.4 Å². The van der Waals surface area contributed by atoms with E-state index in [-0.39, 0.29) is 12.5 Å². The first-order valence-corrected chi connectivity index (χ1v) is 8.54. The maximum Gasteiger partial charge on any atom is 0.277 e. The van der Waals surface area contributed by atoms with Crippen LogP contribution in [-0.4, -0.2) is 23.3 Å². The minimum Gasteiger partial charge on any atom is -0.483 e. The third kappa shape index (κ3) is 3.47. The lowest BCUT2D eigenvalue weighted by Crippen LogP contribution is -2.24. The maximum atomic E-state index is 12.0. The van der Waals surface area contributed by atoms with Crippen molar-refractivity contribution in [3.05, 3.63) is 64.8 Å². The molecule has 26 heavy (non-hydrogen) atoms. The third-order valence-corrected chi connectivity index (χ3v) is 4.75. The number of carbonyl (C=O) groups excluding carboxylic acids is 1. The number of para-hydroxylation sites is 1. The van der Waals surface area contributed by atoms with Crippen molar-refractivity contribution in [2.75, 3.05) is 6.61 Å². The number of benzene rings is 2. The van der Waals surface area contributed by atoms with Gasteiger partial charge in [0.05, 0.1) is 6.21 Å². The second kappa shape index (κ2) is 7.44. The minimum atomic E-state index is -0.292. The third-order valence-electron chi connectivity index (χ3n) is 4.75. The predicted octanol–water partition coefficient (Wildman–Crippen LogP) is 3.63. The van der Waals surface area contributed by atoms with Crippen LogP contribution in [0.2, 0.25) is 0 Å². The summed E-state index contributed by atoms with van der Waals surface area (Å²) in [5.74, 6) is 0.425. The first-order valence-electron chi connectivity index (χ1n) is 8.54. The quantitative estimate of drug-likeness (QED) is 0.565. The Morgan fingerprint density at radius 1 is 1.15 bits per heavy atom. The molecule has 1 N–H and O–H groups in total. The average Bonchev–Trinajstić information content (AvgIpc) is 2.88. The zero-order valence-corrected chi connectivity index (χ0v) is 15.5. The highest BCUT2D eigenvalue weighted by Gasteiger charge is 2.10. The summed E-state index contributed by atoms with van der Waals surface area (Å²) in [5, 5.41) is 5.21. The van der Waals surface area contributed by atoms with E-state index in [0.29, 0.717) is 5.75 Å². The van der Waals surface area contributed by atoms with Crippen LogP contribution in [0.15, 0.2) is 47.6 Å². The number of aromatic nitrogens is 1. The van der Waals surface area contributed by atoms with Crippen LogP contribution in [0.3, 0.4) is 0 Å². The van der Waals surface area contributed by atoms with E-state index in [1.54, 1.807) is 6.21 Å². The molecule has 0 atom stereocenters. The van der Waals surface area contributed by atoms with Gasteiger partial charge in [-0.05, 0) is 44.0 Å². The van der Waals surface area contributed by atoms with Crippen molar-refractivity contribution in [2.24, 2.45) is 12.1 Å². The summed E-state index contributed by atoms with van der Waals surface area (Å²) >= 11 is 0. The van der Waals surface area contributed by atoms with Crippen molar-refractivity contribution < 1.29 is 9.53 Å². The van der Waals surface area contributed by atoms with Gasteiger partial charge in [0.15, 0.2) is 6.61 Å². The zero-order valence-electron chi connectivity index (χ0n) is 15.5. The molecule has 5 nitrogen and oxygen atoms in total. The highest BCUT2D eigenvalue weighted by molar-refractivity contribution is 6.01. The van der Waals surface area contributed by atoms with E-state index in [0.717, 1.165) is 33.3 Å². The molecule has 3 rings (SSSR count). The summed E-state index contributed by atoms with van der Waals surface area (Å²) in [6.07, 6.45) is 1.69. The van der Waals surface area contributed by atoms with Gasteiger partial charge in [0.25, 0.3) is 5.91 Å². The summed E-state index contributed by atoms with van der Waals surface area (Å²) in [5.41, 5.74) is 7.93. The van der Waals surface area contributed by atoms with Gasteiger partial charge < -0.3 is 9.30 Å². The number of ether oxygens (including phenoxy) is 1. The Labute approximate surface area is 153 Å². The Balaban J connectivity index is 1.65. The monoisotopic (exact) mass is 349 g/mol. The number of carbonyl (C=O) groups is 1. The fourth-order valence-electron chi connectivity index (χ4n) is 2.94. The molecule has 0 spiro atoms. The first kappa shape index (κ1) is 17.7. The van der Waals surface area contributed by atoms with E-state index in [1.807, 2.05) is 58.2 Å². The fraction of sp³-hybridized carbons (Fsp3) is 0.238. The molecule has 0 saturated carbocycles. The molecule has 0 saturated heterocycles. The summed E-state index contributed by atoms with van der Waals surface area (Å²) in [7, 11) is 2.02. The zero-order chi connectivity index (χ0) is 18.7. The molecule has 134 valence electrons. The van der Waals surface area contributed by atoms with Gasteiger partial charge in [0, 0.05) is 29.2 Å². The highest BCUT2D eigenvalue weighted by Crippen LogP contribution is 2.23. The van der Waals surface area contributed by atoms with Crippen molar-refractivity contribution in [3.63, 3.8) is 0 Å². The number of rotatable bonds is 5. The van der Waals surface area contributed by atoms with Gasteiger partial charge in [0.1, 0.15) is 5.75 Å². The van der Waals surface area contributed by atoms with Crippen molar-refractivity contribution in [2.45, 2.75) is 20.8 Å². The molecule has 0 aliphatic rings. The molecule has 0 fully saturated rings. The second-order valence-electron chi connectivity index (χ2n) is 6.36. The molecule has 0 radical (unpaired) electrons. The van der Waals surface area contributed by atoms with Crippen LogP contribution in [0.5, 0.6) is 5.75 Å². The number of aryl methyl sites for hydroxylation is 2. The Hall–Kier alpha value is -3.08. The summed E-state index contributed by atoms with van der Waals surface area (Å²) in [6, 6.07) is 13.9. The minimum absolute atomic E-state index is 0.0733. The van der Waals surface area contributed by atoms with E-state index >= 15 is 0 Å². The molecule has 5 heteroatoms. The molecule has 1 aromatic heterocycles. The smallest absolute Gasteiger partial charge is 0.277 e. The van der Waals surface area contributed by atoms with E-state index in [9.17, 15) is 4.79 Å². The number of amides is 1. The number of nitrogens with one attached hydrogen (secondary N) is 1.